The summed E-state index contributed by atoms with van der Waals surface area (Å²) >= 11 is 0. The highest BCUT2D eigenvalue weighted by Crippen LogP contribution is 2.20. The first kappa shape index (κ1) is 23.7. The zero-order valence-corrected chi connectivity index (χ0v) is 17.8. The Hall–Kier alpha value is -4.99. The van der Waals surface area contributed by atoms with Crippen LogP contribution in [-0.2, 0) is 4.79 Å². The number of benzene rings is 3. The fourth-order valence-electron chi connectivity index (χ4n) is 3.00. The van der Waals surface area contributed by atoms with E-state index in [1.807, 2.05) is 0 Å². The lowest BCUT2D eigenvalue weighted by atomic mass is 10.1. The number of nitro benzene ring substituents is 1. The van der Waals surface area contributed by atoms with Crippen molar-refractivity contribution >= 4 is 35.2 Å². The molecule has 0 saturated carbocycles. The normalized spacial score (nSPS) is 10.8. The molecule has 0 unspecified atom stereocenters. The van der Waals surface area contributed by atoms with Gasteiger partial charge in [-0.2, -0.15) is 0 Å². The highest BCUT2D eigenvalue weighted by Gasteiger charge is 2.18. The van der Waals surface area contributed by atoms with Gasteiger partial charge in [0.15, 0.2) is 0 Å². The zero-order valence-electron chi connectivity index (χ0n) is 17.8. The fourth-order valence-corrected chi connectivity index (χ4v) is 3.00. The van der Waals surface area contributed by atoms with Crippen LogP contribution in [0.4, 0.5) is 11.4 Å². The van der Waals surface area contributed by atoms with Gasteiger partial charge in [-0.15, -0.1) is 0 Å². The highest BCUT2D eigenvalue weighted by atomic mass is 16.6. The number of ether oxygens (including phenoxy) is 1. The molecule has 0 radical (unpaired) electrons. The van der Waals surface area contributed by atoms with E-state index in [1.54, 1.807) is 18.2 Å². The molecule has 0 saturated heterocycles. The van der Waals surface area contributed by atoms with E-state index in [1.165, 1.54) is 67.8 Å². The number of carboxylic acids is 1. The second-order valence-electron chi connectivity index (χ2n) is 6.89. The lowest BCUT2D eigenvalue weighted by molar-refractivity contribution is -0.384. The summed E-state index contributed by atoms with van der Waals surface area (Å²) in [6.45, 7) is 0. The number of rotatable bonds is 8. The summed E-state index contributed by atoms with van der Waals surface area (Å²) in [4.78, 5) is 47.5. The van der Waals surface area contributed by atoms with Crippen molar-refractivity contribution in [3.8, 4) is 5.75 Å². The van der Waals surface area contributed by atoms with E-state index >= 15 is 0 Å². The molecule has 0 atom stereocenters. The smallest absolute Gasteiger partial charge is 0.272 e. The Morgan fingerprint density at radius 2 is 1.71 bits per heavy atom. The van der Waals surface area contributed by atoms with Crippen molar-refractivity contribution in [3.63, 3.8) is 0 Å². The molecule has 0 spiro atoms. The number of hydrogen-bond donors (Lipinski definition) is 2. The molecular formula is C24H18N3O7-. The van der Waals surface area contributed by atoms with E-state index in [0.717, 1.165) is 0 Å². The molecule has 0 heterocycles. The van der Waals surface area contributed by atoms with Crippen molar-refractivity contribution in [2.45, 2.75) is 0 Å². The Kier molecular flexibility index (Phi) is 7.34. The van der Waals surface area contributed by atoms with Crippen LogP contribution in [0.25, 0.3) is 6.08 Å². The van der Waals surface area contributed by atoms with Gasteiger partial charge >= 0.3 is 0 Å². The molecule has 2 N–H and O–H groups in total. The summed E-state index contributed by atoms with van der Waals surface area (Å²) in [7, 11) is 1.39. The van der Waals surface area contributed by atoms with Gasteiger partial charge < -0.3 is 25.3 Å². The average molecular weight is 460 g/mol. The van der Waals surface area contributed by atoms with Crippen molar-refractivity contribution < 1.29 is 29.2 Å². The van der Waals surface area contributed by atoms with Crippen molar-refractivity contribution in [2.24, 2.45) is 0 Å². The Morgan fingerprint density at radius 1 is 0.971 bits per heavy atom. The summed E-state index contributed by atoms with van der Waals surface area (Å²) in [5.41, 5.74) is -0.0189. The lowest BCUT2D eigenvalue weighted by Crippen LogP contribution is -2.31. The van der Waals surface area contributed by atoms with Gasteiger partial charge in [-0.1, -0.05) is 36.4 Å². The first-order chi connectivity index (χ1) is 16.3. The Labute approximate surface area is 193 Å². The number of carboxylic acid groups (broad SMARTS) is 1. The van der Waals surface area contributed by atoms with Gasteiger partial charge in [0, 0.05) is 17.8 Å². The van der Waals surface area contributed by atoms with Crippen molar-refractivity contribution in [1.29, 1.82) is 0 Å². The number of nitrogens with zero attached hydrogens (tertiary/aromatic N) is 1. The highest BCUT2D eigenvalue weighted by molar-refractivity contribution is 6.11. The number of anilines is 1. The predicted octanol–water partition coefficient (Wildman–Crippen LogP) is 2.38. The van der Waals surface area contributed by atoms with Crippen LogP contribution in [0.1, 0.15) is 26.3 Å². The van der Waals surface area contributed by atoms with E-state index in [2.05, 4.69) is 10.6 Å². The van der Waals surface area contributed by atoms with Crippen LogP contribution in [-0.4, -0.2) is 29.8 Å². The molecule has 0 aliphatic carbocycles. The lowest BCUT2D eigenvalue weighted by Gasteiger charge is -2.13. The maximum atomic E-state index is 13.0. The van der Waals surface area contributed by atoms with Crippen LogP contribution >= 0.6 is 0 Å². The molecule has 172 valence electrons. The van der Waals surface area contributed by atoms with E-state index in [4.69, 9.17) is 4.74 Å². The third-order valence-corrected chi connectivity index (χ3v) is 4.59. The number of carbonyl (C=O) groups is 3. The Morgan fingerprint density at radius 3 is 2.41 bits per heavy atom. The number of carbonyl (C=O) groups excluding carboxylic acids is 3. The molecule has 2 amide bonds. The van der Waals surface area contributed by atoms with Gasteiger partial charge in [-0.25, -0.2) is 0 Å². The summed E-state index contributed by atoms with van der Waals surface area (Å²) in [6, 6.07) is 17.2. The molecule has 3 aromatic carbocycles. The standard InChI is InChI=1S/C24H19N3O7/c1-34-21-11-3-2-10-19(21)22(28)26-20(13-15-6-4-9-18(12-15)27(32)33)23(29)25-17-8-5-7-16(14-17)24(30)31/h2-14H,1H3,(H,25,29)(H,26,28)(H,30,31)/p-1/b20-13+. The monoisotopic (exact) mass is 460 g/mol. The third kappa shape index (κ3) is 5.82. The van der Waals surface area contributed by atoms with Crippen LogP contribution in [0.15, 0.2) is 78.5 Å². The average Bonchev–Trinajstić information content (AvgIpc) is 2.83. The Balaban J connectivity index is 1.97. The summed E-state index contributed by atoms with van der Waals surface area (Å²) in [5.74, 6) is -2.59. The van der Waals surface area contributed by atoms with Crippen molar-refractivity contribution in [3.05, 3.63) is 105 Å². The maximum Gasteiger partial charge on any atom is 0.272 e. The molecule has 0 aromatic heterocycles. The molecule has 0 aliphatic rings. The number of methoxy groups -OCH3 is 1. The first-order valence-electron chi connectivity index (χ1n) is 9.82. The molecule has 0 aliphatic heterocycles. The van der Waals surface area contributed by atoms with Crippen LogP contribution < -0.4 is 20.5 Å². The second kappa shape index (κ2) is 10.6. The molecule has 34 heavy (non-hydrogen) atoms. The first-order valence-corrected chi connectivity index (χ1v) is 9.82. The van der Waals surface area contributed by atoms with Crippen molar-refractivity contribution in [2.75, 3.05) is 12.4 Å². The minimum Gasteiger partial charge on any atom is -0.545 e. The molecule has 0 bridgehead atoms. The van der Waals surface area contributed by atoms with Crippen LogP contribution in [0.3, 0.4) is 0 Å². The number of hydrogen-bond acceptors (Lipinski definition) is 7. The summed E-state index contributed by atoms with van der Waals surface area (Å²) in [5, 5.41) is 27.2. The number of aromatic carboxylic acids is 1. The quantitative estimate of drug-likeness (QED) is 0.297. The topological polar surface area (TPSA) is 151 Å². The number of non-ortho nitro benzene ring substituents is 1. The molecule has 3 aromatic rings. The zero-order chi connectivity index (χ0) is 24.7. The molecule has 0 fully saturated rings. The van der Waals surface area contributed by atoms with Gasteiger partial charge in [-0.3, -0.25) is 19.7 Å². The number of nitro groups is 1. The van der Waals surface area contributed by atoms with Gasteiger partial charge in [0.1, 0.15) is 11.4 Å². The van der Waals surface area contributed by atoms with Gasteiger partial charge in [0.25, 0.3) is 17.5 Å². The van der Waals surface area contributed by atoms with Gasteiger partial charge in [0.2, 0.25) is 0 Å². The fraction of sp³-hybridized carbons (Fsp3) is 0.0417. The van der Waals surface area contributed by atoms with E-state index in [0.29, 0.717) is 0 Å². The number of para-hydroxylation sites is 1. The minimum atomic E-state index is -1.42. The largest absolute Gasteiger partial charge is 0.545 e. The van der Waals surface area contributed by atoms with E-state index < -0.39 is 22.7 Å². The molecule has 3 rings (SSSR count). The third-order valence-electron chi connectivity index (χ3n) is 4.59. The van der Waals surface area contributed by atoms with Gasteiger partial charge in [-0.05, 0) is 41.5 Å². The minimum absolute atomic E-state index is 0.142. The summed E-state index contributed by atoms with van der Waals surface area (Å²) < 4.78 is 5.18. The van der Waals surface area contributed by atoms with Crippen LogP contribution in [0, 0.1) is 10.1 Å². The SMILES string of the molecule is COc1ccccc1C(=O)N/C(=C/c1cccc([N+](=O)[O-])c1)C(=O)Nc1cccc(C(=O)[O-])c1. The predicted molar refractivity (Wildman–Crippen MR) is 121 cm³/mol. The van der Waals surface area contributed by atoms with E-state index in [-0.39, 0.29) is 39.5 Å². The van der Waals surface area contributed by atoms with Gasteiger partial charge in [0.05, 0.1) is 23.6 Å². The van der Waals surface area contributed by atoms with Crippen molar-refractivity contribution in [1.82, 2.24) is 5.32 Å². The number of nitrogens with one attached hydrogen (secondary N) is 2. The summed E-state index contributed by atoms with van der Waals surface area (Å²) in [6.07, 6.45) is 1.26. The molecule has 10 nitrogen and oxygen atoms in total. The second-order valence-corrected chi connectivity index (χ2v) is 6.89. The molecular weight excluding hydrogens is 442 g/mol. The number of amides is 2. The Bertz CT molecular complexity index is 1300. The maximum absolute atomic E-state index is 13.0. The molecule has 10 heteroatoms. The van der Waals surface area contributed by atoms with Crippen LogP contribution in [0.2, 0.25) is 0 Å². The van der Waals surface area contributed by atoms with E-state index in [9.17, 15) is 29.6 Å². The van der Waals surface area contributed by atoms with Crippen LogP contribution in [0.5, 0.6) is 5.75 Å².